The Morgan fingerprint density at radius 3 is 2.62 bits per heavy atom. The van der Waals surface area contributed by atoms with E-state index in [2.05, 4.69) is 30.3 Å². The minimum atomic E-state index is -4.51. The van der Waals surface area contributed by atoms with Crippen LogP contribution in [0.3, 0.4) is 0 Å². The largest absolute Gasteiger partial charge is 0.397 e. The molecule has 2 fully saturated rings. The maximum atomic E-state index is 13.3. The SMILES string of the molecule is CC(c1ccnc(Nc2nc3ccc(-c4cnn(CC5CC5(F)F)c4)cc3[nH]2)c1)N1CCN(C(=O)CC(F)(F)F)CC1. The highest BCUT2D eigenvalue weighted by Gasteiger charge is 2.56. The van der Waals surface area contributed by atoms with Gasteiger partial charge in [-0.2, -0.15) is 18.3 Å². The third-order valence-electron chi connectivity index (χ3n) is 7.89. The van der Waals surface area contributed by atoms with E-state index in [0.717, 1.165) is 27.7 Å². The highest BCUT2D eigenvalue weighted by Crippen LogP contribution is 2.49. The number of fused-ring (bicyclic) bond motifs is 1. The zero-order valence-corrected chi connectivity index (χ0v) is 22.7. The molecule has 2 aliphatic rings. The summed E-state index contributed by atoms with van der Waals surface area (Å²) >= 11 is 0. The van der Waals surface area contributed by atoms with Crippen molar-refractivity contribution in [2.45, 2.75) is 44.5 Å². The number of carbonyl (C=O) groups is 1. The van der Waals surface area contributed by atoms with Crippen molar-refractivity contribution in [2.24, 2.45) is 5.92 Å². The highest BCUT2D eigenvalue weighted by atomic mass is 19.4. The van der Waals surface area contributed by atoms with Gasteiger partial charge in [0.25, 0.3) is 5.92 Å². The monoisotopic (exact) mass is 588 g/mol. The molecule has 2 unspecified atom stereocenters. The molecule has 0 radical (unpaired) electrons. The van der Waals surface area contributed by atoms with Gasteiger partial charge in [-0.15, -0.1) is 0 Å². The molecule has 3 aromatic heterocycles. The Morgan fingerprint density at radius 1 is 1.14 bits per heavy atom. The van der Waals surface area contributed by atoms with Crippen LogP contribution in [0.1, 0.15) is 31.4 Å². The summed E-state index contributed by atoms with van der Waals surface area (Å²) in [5.41, 5.74) is 4.16. The molecule has 0 bridgehead atoms. The van der Waals surface area contributed by atoms with Gasteiger partial charge in [-0.05, 0) is 42.3 Å². The van der Waals surface area contributed by atoms with E-state index < -0.39 is 30.3 Å². The lowest BCUT2D eigenvalue weighted by Gasteiger charge is -2.38. The molecular weight excluding hydrogens is 559 g/mol. The Morgan fingerprint density at radius 2 is 1.90 bits per heavy atom. The second kappa shape index (κ2) is 10.6. The number of halogens is 5. The van der Waals surface area contributed by atoms with E-state index in [1.54, 1.807) is 23.3 Å². The van der Waals surface area contributed by atoms with Gasteiger partial charge in [0, 0.05) is 69.1 Å². The Hall–Kier alpha value is -4.07. The van der Waals surface area contributed by atoms with Crippen LogP contribution in [0.4, 0.5) is 33.7 Å². The summed E-state index contributed by atoms with van der Waals surface area (Å²) in [4.78, 5) is 27.5. The summed E-state index contributed by atoms with van der Waals surface area (Å²) in [5.74, 6) is -3.08. The number of carbonyl (C=O) groups excluding carboxylic acids is 1. The molecule has 1 aromatic carbocycles. The second-order valence-corrected chi connectivity index (χ2v) is 10.9. The quantitative estimate of drug-likeness (QED) is 0.269. The predicted octanol–water partition coefficient (Wildman–Crippen LogP) is 5.38. The summed E-state index contributed by atoms with van der Waals surface area (Å²) in [5, 5.41) is 7.43. The first-order valence-electron chi connectivity index (χ1n) is 13.7. The average molecular weight is 589 g/mol. The molecule has 2 atom stereocenters. The van der Waals surface area contributed by atoms with Gasteiger partial charge >= 0.3 is 6.18 Å². The number of benzene rings is 1. The number of anilines is 2. The number of hydrogen-bond donors (Lipinski definition) is 2. The van der Waals surface area contributed by atoms with Crippen LogP contribution in [0.2, 0.25) is 0 Å². The van der Waals surface area contributed by atoms with Gasteiger partial charge in [0.1, 0.15) is 12.2 Å². The van der Waals surface area contributed by atoms with Crippen LogP contribution in [0.5, 0.6) is 0 Å². The van der Waals surface area contributed by atoms with Gasteiger partial charge in [0.05, 0.1) is 17.2 Å². The number of imidazole rings is 1. The molecule has 42 heavy (non-hydrogen) atoms. The van der Waals surface area contributed by atoms with E-state index in [4.69, 9.17) is 0 Å². The van der Waals surface area contributed by atoms with Crippen LogP contribution in [-0.4, -0.2) is 78.7 Å². The first kappa shape index (κ1) is 28.1. The van der Waals surface area contributed by atoms with Crippen LogP contribution in [0.25, 0.3) is 22.2 Å². The Bertz CT molecular complexity index is 1590. The number of alkyl halides is 5. The van der Waals surface area contributed by atoms with E-state index in [-0.39, 0.29) is 32.1 Å². The predicted molar refractivity (Wildman–Crippen MR) is 145 cm³/mol. The molecule has 2 N–H and O–H groups in total. The maximum absolute atomic E-state index is 13.3. The Kier molecular flexibility index (Phi) is 7.11. The van der Waals surface area contributed by atoms with Gasteiger partial charge < -0.3 is 15.2 Å². The van der Waals surface area contributed by atoms with Gasteiger partial charge in [0.15, 0.2) is 0 Å². The minimum Gasteiger partial charge on any atom is -0.340 e. The number of hydrogen-bond acceptors (Lipinski definition) is 6. The molecule has 14 heteroatoms. The molecule has 1 amide bonds. The van der Waals surface area contributed by atoms with Gasteiger partial charge in [-0.3, -0.25) is 14.4 Å². The third kappa shape index (κ3) is 6.22. The topological polar surface area (TPSA) is 95.0 Å². The van der Waals surface area contributed by atoms with Crippen LogP contribution in [0, 0.1) is 5.92 Å². The zero-order valence-electron chi connectivity index (χ0n) is 22.7. The molecular formula is C28H29F5N8O. The lowest BCUT2D eigenvalue weighted by atomic mass is 10.1. The van der Waals surface area contributed by atoms with Crippen molar-refractivity contribution in [3.05, 3.63) is 54.5 Å². The van der Waals surface area contributed by atoms with E-state index >= 15 is 0 Å². The standard InChI is InChI=1S/C28H29F5N8O/c1-17(39-6-8-40(9-7-39)25(42)13-28(31,32)33)18-4-5-34-24(11-18)38-26-36-22-3-2-19(10-23(22)37-26)20-14-35-41(15-20)16-21-12-27(21,29)30/h2-5,10-11,14-15,17,21H,6-9,12-13,16H2,1H3,(H2,34,36,37,38). The number of aromatic nitrogens is 5. The molecule has 1 saturated heterocycles. The van der Waals surface area contributed by atoms with Gasteiger partial charge in [-0.25, -0.2) is 18.7 Å². The molecule has 1 aliphatic carbocycles. The van der Waals surface area contributed by atoms with Crippen molar-refractivity contribution in [3.63, 3.8) is 0 Å². The van der Waals surface area contributed by atoms with Crippen molar-refractivity contribution >= 4 is 28.7 Å². The number of H-pyrrole nitrogens is 1. The lowest BCUT2D eigenvalue weighted by molar-refractivity contribution is -0.162. The summed E-state index contributed by atoms with van der Waals surface area (Å²) in [6.07, 6.45) is -0.931. The third-order valence-corrected chi connectivity index (χ3v) is 7.89. The summed E-state index contributed by atoms with van der Waals surface area (Å²) in [6.45, 7) is 3.62. The number of pyridine rings is 1. The number of rotatable bonds is 8. The van der Waals surface area contributed by atoms with Crippen molar-refractivity contribution in [3.8, 4) is 11.1 Å². The normalized spacial score (nSPS) is 19.7. The van der Waals surface area contributed by atoms with E-state index in [1.165, 1.54) is 4.90 Å². The number of nitrogens with one attached hydrogen (secondary N) is 2. The molecule has 4 aromatic rings. The van der Waals surface area contributed by atoms with Gasteiger partial charge in [-0.1, -0.05) is 6.07 Å². The number of piperazine rings is 1. The number of amides is 1. The number of nitrogens with zero attached hydrogens (tertiary/aromatic N) is 6. The Balaban J connectivity index is 1.09. The molecule has 1 saturated carbocycles. The average Bonchev–Trinajstić information content (AvgIpc) is 3.27. The summed E-state index contributed by atoms with van der Waals surface area (Å²) in [7, 11) is 0. The fourth-order valence-corrected chi connectivity index (χ4v) is 5.30. The summed E-state index contributed by atoms with van der Waals surface area (Å²) < 4.78 is 65.8. The summed E-state index contributed by atoms with van der Waals surface area (Å²) in [6, 6.07) is 9.42. The van der Waals surface area contributed by atoms with E-state index in [1.807, 2.05) is 37.3 Å². The van der Waals surface area contributed by atoms with Crippen LogP contribution >= 0.6 is 0 Å². The first-order valence-corrected chi connectivity index (χ1v) is 13.7. The first-order chi connectivity index (χ1) is 19.9. The Labute approximate surface area is 237 Å². The molecule has 9 nitrogen and oxygen atoms in total. The number of aromatic amines is 1. The van der Waals surface area contributed by atoms with E-state index in [0.29, 0.717) is 24.9 Å². The van der Waals surface area contributed by atoms with Crippen molar-refractivity contribution in [2.75, 3.05) is 31.5 Å². The second-order valence-electron chi connectivity index (χ2n) is 10.9. The van der Waals surface area contributed by atoms with Crippen LogP contribution in [0.15, 0.2) is 48.9 Å². The minimum absolute atomic E-state index is 0.0429. The zero-order chi connectivity index (χ0) is 29.6. The molecule has 222 valence electrons. The fourth-order valence-electron chi connectivity index (χ4n) is 5.30. The van der Waals surface area contributed by atoms with Crippen molar-refractivity contribution in [1.82, 2.24) is 34.5 Å². The fraction of sp³-hybridized carbons (Fsp3) is 0.429. The molecule has 0 spiro atoms. The smallest absolute Gasteiger partial charge is 0.340 e. The highest BCUT2D eigenvalue weighted by molar-refractivity contribution is 5.83. The maximum Gasteiger partial charge on any atom is 0.397 e. The van der Waals surface area contributed by atoms with Crippen molar-refractivity contribution < 1.29 is 26.7 Å². The van der Waals surface area contributed by atoms with Gasteiger partial charge in [0.2, 0.25) is 11.9 Å². The van der Waals surface area contributed by atoms with Crippen LogP contribution < -0.4 is 5.32 Å². The van der Waals surface area contributed by atoms with Crippen molar-refractivity contribution in [1.29, 1.82) is 0 Å². The van der Waals surface area contributed by atoms with Crippen LogP contribution in [-0.2, 0) is 11.3 Å². The molecule has 6 rings (SSSR count). The molecule has 1 aliphatic heterocycles. The lowest BCUT2D eigenvalue weighted by Crippen LogP contribution is -2.50. The molecule has 4 heterocycles. The van der Waals surface area contributed by atoms with E-state index in [9.17, 15) is 26.7 Å².